The van der Waals surface area contributed by atoms with Crippen molar-refractivity contribution in [1.82, 2.24) is 14.9 Å². The van der Waals surface area contributed by atoms with Gasteiger partial charge >= 0.3 is 6.09 Å². The zero-order valence-corrected chi connectivity index (χ0v) is 18.3. The molecule has 1 heterocycles. The minimum Gasteiger partial charge on any atom is -0.495 e. The Morgan fingerprint density at radius 2 is 1.76 bits per heavy atom. The molecule has 162 valence electrons. The van der Waals surface area contributed by atoms with Gasteiger partial charge in [0.15, 0.2) is 0 Å². The number of nitrogens with one attached hydrogen (secondary N) is 2. The van der Waals surface area contributed by atoms with Crippen molar-refractivity contribution in [2.75, 3.05) is 27.3 Å². The van der Waals surface area contributed by atoms with Crippen LogP contribution in [0.25, 0.3) is 0 Å². The molecule has 1 aliphatic rings. The second-order valence-corrected chi connectivity index (χ2v) is 9.58. The van der Waals surface area contributed by atoms with Crippen molar-refractivity contribution in [3.63, 3.8) is 0 Å². The molecule has 0 spiro atoms. The third-order valence-electron chi connectivity index (χ3n) is 4.42. The fourth-order valence-electron chi connectivity index (χ4n) is 3.09. The van der Waals surface area contributed by atoms with E-state index in [9.17, 15) is 18.0 Å². The Morgan fingerprint density at radius 1 is 1.14 bits per heavy atom. The van der Waals surface area contributed by atoms with Crippen LogP contribution in [0, 0.1) is 0 Å². The van der Waals surface area contributed by atoms with E-state index in [1.54, 1.807) is 25.7 Å². The molecule has 10 heteroatoms. The van der Waals surface area contributed by atoms with Crippen molar-refractivity contribution in [3.8, 4) is 5.75 Å². The van der Waals surface area contributed by atoms with Crippen LogP contribution in [0.5, 0.6) is 5.75 Å². The second kappa shape index (κ2) is 9.00. The lowest BCUT2D eigenvalue weighted by molar-refractivity contribution is 0.0892. The van der Waals surface area contributed by atoms with Crippen LogP contribution >= 0.6 is 0 Å². The van der Waals surface area contributed by atoms with E-state index < -0.39 is 15.6 Å². The molecule has 0 saturated carbocycles. The van der Waals surface area contributed by atoms with Gasteiger partial charge in [-0.2, -0.15) is 0 Å². The summed E-state index contributed by atoms with van der Waals surface area (Å²) >= 11 is 0. The van der Waals surface area contributed by atoms with Crippen LogP contribution in [-0.2, 0) is 14.8 Å². The number of benzene rings is 1. The molecule has 0 aliphatic carbocycles. The van der Waals surface area contributed by atoms with Gasteiger partial charge in [0.1, 0.15) is 10.6 Å². The highest BCUT2D eigenvalue weighted by molar-refractivity contribution is 7.89. The topological polar surface area (TPSA) is 114 Å². The second-order valence-electron chi connectivity index (χ2n) is 7.93. The Kier molecular flexibility index (Phi) is 7.12. The number of carbonyl (C=O) groups excluding carboxylic acids is 2. The number of carbonyl (C=O) groups is 2. The van der Waals surface area contributed by atoms with Gasteiger partial charge in [-0.15, -0.1) is 0 Å². The molecule has 0 unspecified atom stereocenters. The Labute approximate surface area is 171 Å². The summed E-state index contributed by atoms with van der Waals surface area (Å²) < 4.78 is 37.9. The highest BCUT2D eigenvalue weighted by Gasteiger charge is 2.28. The van der Waals surface area contributed by atoms with Crippen LogP contribution in [0.1, 0.15) is 44.0 Å². The van der Waals surface area contributed by atoms with Gasteiger partial charge < -0.3 is 19.7 Å². The summed E-state index contributed by atoms with van der Waals surface area (Å²) in [7, 11) is -1.17. The molecule has 2 amide bonds. The Bertz CT molecular complexity index is 855. The fourth-order valence-corrected chi connectivity index (χ4v) is 4.70. The van der Waals surface area contributed by atoms with E-state index in [0.717, 1.165) is 0 Å². The fraction of sp³-hybridized carbons (Fsp3) is 0.579. The first-order valence-electron chi connectivity index (χ1n) is 9.32. The van der Waals surface area contributed by atoms with E-state index >= 15 is 0 Å². The van der Waals surface area contributed by atoms with Crippen LogP contribution in [-0.4, -0.2) is 64.2 Å². The van der Waals surface area contributed by atoms with Gasteiger partial charge in [-0.05, 0) is 51.8 Å². The number of nitrogens with zero attached hydrogens (tertiary/aromatic N) is 1. The van der Waals surface area contributed by atoms with Gasteiger partial charge in [0, 0.05) is 30.2 Å². The van der Waals surface area contributed by atoms with Crippen LogP contribution in [0.3, 0.4) is 0 Å². The van der Waals surface area contributed by atoms with Crippen molar-refractivity contribution in [1.29, 1.82) is 0 Å². The number of sulfonamides is 1. The summed E-state index contributed by atoms with van der Waals surface area (Å²) in [6.07, 6.45) is 0.799. The molecule has 2 rings (SSSR count). The summed E-state index contributed by atoms with van der Waals surface area (Å²) in [5, 5.41) is 2.90. The van der Waals surface area contributed by atoms with Crippen molar-refractivity contribution in [3.05, 3.63) is 23.8 Å². The molecule has 1 aromatic rings. The lowest BCUT2D eigenvalue weighted by atomic mass is 10.0. The summed E-state index contributed by atoms with van der Waals surface area (Å²) in [4.78, 5) is 25.7. The predicted octanol–water partition coefficient (Wildman–Crippen LogP) is 1.73. The molecule has 0 aromatic heterocycles. The molecule has 9 nitrogen and oxygen atoms in total. The zero-order valence-electron chi connectivity index (χ0n) is 17.4. The quantitative estimate of drug-likeness (QED) is 0.740. The lowest BCUT2D eigenvalue weighted by Gasteiger charge is -2.31. The molecular formula is C19H29N3O6S. The first-order chi connectivity index (χ1) is 13.5. The van der Waals surface area contributed by atoms with Gasteiger partial charge in [0.2, 0.25) is 10.0 Å². The number of rotatable bonds is 5. The van der Waals surface area contributed by atoms with Crippen LogP contribution in [0.2, 0.25) is 0 Å². The van der Waals surface area contributed by atoms with Crippen molar-refractivity contribution >= 4 is 22.0 Å². The standard InChI is InChI=1S/C19H29N3O6S/c1-19(2,3)21-29(25,26)16-12-13(6-7-15(16)27-4)17(23)20-14-8-10-22(11-9-14)18(24)28-5/h6-7,12,14,21H,8-11H2,1-5H3,(H,20,23). The van der Waals surface area contributed by atoms with Crippen molar-refractivity contribution in [2.45, 2.75) is 50.1 Å². The zero-order chi connectivity index (χ0) is 21.8. The molecule has 0 bridgehead atoms. The molecule has 29 heavy (non-hydrogen) atoms. The van der Waals surface area contributed by atoms with Crippen molar-refractivity contribution < 1.29 is 27.5 Å². The van der Waals surface area contributed by atoms with E-state index in [-0.39, 0.29) is 34.3 Å². The maximum atomic E-state index is 12.7. The summed E-state index contributed by atoms with van der Waals surface area (Å²) in [5.74, 6) is -0.221. The Hall–Kier alpha value is -2.33. The minimum atomic E-state index is -3.88. The maximum absolute atomic E-state index is 12.7. The van der Waals surface area contributed by atoms with Gasteiger partial charge in [-0.1, -0.05) is 0 Å². The van der Waals surface area contributed by atoms with E-state index in [2.05, 4.69) is 10.0 Å². The van der Waals surface area contributed by atoms with Crippen molar-refractivity contribution in [2.24, 2.45) is 0 Å². The first-order valence-corrected chi connectivity index (χ1v) is 10.8. The summed E-state index contributed by atoms with van der Waals surface area (Å²) in [6, 6.07) is 4.18. The molecule has 1 fully saturated rings. The molecule has 2 N–H and O–H groups in total. The number of likely N-dealkylation sites (tertiary alicyclic amines) is 1. The van der Waals surface area contributed by atoms with Crippen LogP contribution < -0.4 is 14.8 Å². The van der Waals surface area contributed by atoms with Crippen LogP contribution in [0.4, 0.5) is 4.79 Å². The van der Waals surface area contributed by atoms with Gasteiger partial charge in [0.05, 0.1) is 14.2 Å². The normalized spacial score (nSPS) is 15.7. The Morgan fingerprint density at radius 3 is 2.28 bits per heavy atom. The molecule has 1 saturated heterocycles. The highest BCUT2D eigenvalue weighted by Crippen LogP contribution is 2.26. The van der Waals surface area contributed by atoms with Gasteiger partial charge in [0.25, 0.3) is 5.91 Å². The summed E-state index contributed by atoms with van der Waals surface area (Å²) in [5.41, 5.74) is -0.467. The molecular weight excluding hydrogens is 398 g/mol. The summed E-state index contributed by atoms with van der Waals surface area (Å²) in [6.45, 7) is 6.15. The van der Waals surface area contributed by atoms with E-state index in [0.29, 0.717) is 25.9 Å². The molecule has 1 aromatic carbocycles. The third-order valence-corrected chi connectivity index (χ3v) is 6.20. The SMILES string of the molecule is COC(=O)N1CCC(NC(=O)c2ccc(OC)c(S(=O)(=O)NC(C)(C)C)c2)CC1. The average molecular weight is 428 g/mol. The lowest BCUT2D eigenvalue weighted by Crippen LogP contribution is -2.46. The minimum absolute atomic E-state index is 0.0944. The van der Waals surface area contributed by atoms with E-state index in [1.165, 1.54) is 32.4 Å². The third kappa shape index (κ3) is 6.07. The van der Waals surface area contributed by atoms with E-state index in [1.807, 2.05) is 0 Å². The molecule has 0 atom stereocenters. The van der Waals surface area contributed by atoms with Gasteiger partial charge in [-0.3, -0.25) is 4.79 Å². The monoisotopic (exact) mass is 427 g/mol. The van der Waals surface area contributed by atoms with E-state index in [4.69, 9.17) is 9.47 Å². The number of methoxy groups -OCH3 is 2. The van der Waals surface area contributed by atoms with Gasteiger partial charge in [-0.25, -0.2) is 17.9 Å². The Balaban J connectivity index is 2.15. The smallest absolute Gasteiger partial charge is 0.409 e. The number of ether oxygens (including phenoxy) is 2. The van der Waals surface area contributed by atoms with Crippen LogP contribution in [0.15, 0.2) is 23.1 Å². The number of hydrogen-bond acceptors (Lipinski definition) is 6. The number of amides is 2. The first kappa shape index (κ1) is 23.0. The number of piperidine rings is 1. The predicted molar refractivity (Wildman–Crippen MR) is 108 cm³/mol. The molecule has 1 aliphatic heterocycles. The maximum Gasteiger partial charge on any atom is 0.409 e. The average Bonchev–Trinajstić information content (AvgIpc) is 2.65. The molecule has 0 radical (unpaired) electrons. The highest BCUT2D eigenvalue weighted by atomic mass is 32.2. The largest absolute Gasteiger partial charge is 0.495 e. The number of hydrogen-bond donors (Lipinski definition) is 2.